The van der Waals surface area contributed by atoms with Crippen molar-refractivity contribution in [2.75, 3.05) is 0 Å². The van der Waals surface area contributed by atoms with Crippen molar-refractivity contribution >= 4 is 27.3 Å². The molecule has 84 valence electrons. The minimum atomic E-state index is 0.774. The fourth-order valence-electron chi connectivity index (χ4n) is 1.48. The van der Waals surface area contributed by atoms with Crippen LogP contribution in [0.3, 0.4) is 0 Å². The number of benzene rings is 1. The summed E-state index contributed by atoms with van der Waals surface area (Å²) < 4.78 is 1.05. The summed E-state index contributed by atoms with van der Waals surface area (Å²) in [5, 5.41) is 13.3. The zero-order valence-electron chi connectivity index (χ0n) is 8.59. The Morgan fingerprint density at radius 1 is 1.24 bits per heavy atom. The number of nitrogens with zero attached hydrogens (tertiary/aromatic N) is 3. The molecule has 0 spiro atoms. The summed E-state index contributed by atoms with van der Waals surface area (Å²) in [6.45, 7) is 0. The number of hydrogen-bond acceptors (Lipinski definition) is 4. The van der Waals surface area contributed by atoms with Crippen LogP contribution in [0.5, 0.6) is 0 Å². The van der Waals surface area contributed by atoms with Gasteiger partial charge in [-0.1, -0.05) is 28.1 Å². The van der Waals surface area contributed by atoms with Crippen LogP contribution in [0.25, 0.3) is 22.0 Å². The topological polar surface area (TPSA) is 54.5 Å². The summed E-state index contributed by atoms with van der Waals surface area (Å²) >= 11 is 5.01. The molecule has 0 unspecified atom stereocenters. The first-order valence-electron chi connectivity index (χ1n) is 4.90. The third-order valence-corrected chi connectivity index (χ3v) is 3.62. The van der Waals surface area contributed by atoms with E-state index in [4.69, 9.17) is 0 Å². The van der Waals surface area contributed by atoms with Crippen molar-refractivity contribution in [3.05, 3.63) is 40.3 Å². The molecule has 3 aromatic rings. The lowest BCUT2D eigenvalue weighted by atomic mass is 10.2. The Bertz CT molecular complexity index is 632. The summed E-state index contributed by atoms with van der Waals surface area (Å²) in [6.07, 6.45) is 1.67. The Kier molecular flexibility index (Phi) is 2.74. The van der Waals surface area contributed by atoms with E-state index in [1.807, 2.05) is 29.6 Å². The lowest BCUT2D eigenvalue weighted by Crippen LogP contribution is -1.79. The Hall–Kier alpha value is -1.53. The summed E-state index contributed by atoms with van der Waals surface area (Å²) in [5.74, 6) is 0. The average molecular weight is 307 g/mol. The van der Waals surface area contributed by atoms with Crippen molar-refractivity contribution in [2.45, 2.75) is 0 Å². The summed E-state index contributed by atoms with van der Waals surface area (Å²) in [5.41, 5.74) is 2.82. The second-order valence-corrected chi connectivity index (χ2v) is 5.18. The van der Waals surface area contributed by atoms with Gasteiger partial charge in [-0.05, 0) is 12.1 Å². The molecule has 3 rings (SSSR count). The largest absolute Gasteiger partial charge is 0.234 e. The van der Waals surface area contributed by atoms with Crippen LogP contribution in [0.1, 0.15) is 0 Å². The first kappa shape index (κ1) is 10.6. The molecule has 0 aliphatic rings. The minimum absolute atomic E-state index is 0.774. The Balaban J connectivity index is 2.01. The Morgan fingerprint density at radius 2 is 2.18 bits per heavy atom. The summed E-state index contributed by atoms with van der Waals surface area (Å²) in [6, 6.07) is 8.07. The van der Waals surface area contributed by atoms with Crippen LogP contribution in [0.2, 0.25) is 0 Å². The number of aromatic nitrogens is 4. The van der Waals surface area contributed by atoms with E-state index in [-0.39, 0.29) is 0 Å². The first-order valence-corrected chi connectivity index (χ1v) is 6.58. The molecule has 4 nitrogen and oxygen atoms in total. The molecule has 6 heteroatoms. The van der Waals surface area contributed by atoms with Gasteiger partial charge in [0.05, 0.1) is 11.9 Å². The molecule has 0 radical (unpaired) electrons. The van der Waals surface area contributed by atoms with Crippen LogP contribution in [0, 0.1) is 0 Å². The van der Waals surface area contributed by atoms with Gasteiger partial charge in [0.25, 0.3) is 0 Å². The highest BCUT2D eigenvalue weighted by molar-refractivity contribution is 9.10. The number of aromatic amines is 1. The van der Waals surface area contributed by atoms with E-state index in [2.05, 4.69) is 36.3 Å². The number of thiazole rings is 1. The molecule has 0 saturated heterocycles. The lowest BCUT2D eigenvalue weighted by molar-refractivity contribution is 0.942. The smallest absolute Gasteiger partial charge is 0.146 e. The van der Waals surface area contributed by atoms with Crippen LogP contribution >= 0.6 is 27.3 Å². The van der Waals surface area contributed by atoms with Crippen molar-refractivity contribution in [3.63, 3.8) is 0 Å². The highest BCUT2D eigenvalue weighted by Gasteiger charge is 2.08. The average Bonchev–Trinajstić information content (AvgIpc) is 3.00. The van der Waals surface area contributed by atoms with Gasteiger partial charge < -0.3 is 0 Å². The third-order valence-electron chi connectivity index (χ3n) is 2.26. The maximum absolute atomic E-state index is 4.54. The van der Waals surface area contributed by atoms with Crippen molar-refractivity contribution < 1.29 is 0 Å². The highest BCUT2D eigenvalue weighted by atomic mass is 79.9. The second-order valence-electron chi connectivity index (χ2n) is 3.40. The van der Waals surface area contributed by atoms with E-state index in [0.717, 1.165) is 26.4 Å². The molecular weight excluding hydrogens is 300 g/mol. The highest BCUT2D eigenvalue weighted by Crippen LogP contribution is 2.28. The number of H-pyrrole nitrogens is 1. The number of rotatable bonds is 2. The quantitative estimate of drug-likeness (QED) is 0.790. The van der Waals surface area contributed by atoms with Crippen molar-refractivity contribution in [3.8, 4) is 22.0 Å². The van der Waals surface area contributed by atoms with Gasteiger partial charge in [-0.15, -0.1) is 11.3 Å². The molecule has 0 saturated carbocycles. The fourth-order valence-corrected chi connectivity index (χ4v) is 2.66. The molecule has 2 heterocycles. The molecule has 1 N–H and O–H groups in total. The molecule has 2 aromatic heterocycles. The molecule has 0 aliphatic heterocycles. The molecule has 0 amide bonds. The van der Waals surface area contributed by atoms with Gasteiger partial charge in [-0.3, -0.25) is 0 Å². The van der Waals surface area contributed by atoms with Crippen LogP contribution in [0.15, 0.2) is 40.3 Å². The second kappa shape index (κ2) is 4.38. The van der Waals surface area contributed by atoms with E-state index in [1.165, 1.54) is 0 Å². The van der Waals surface area contributed by atoms with E-state index in [1.54, 1.807) is 17.5 Å². The van der Waals surface area contributed by atoms with Gasteiger partial charge in [-0.2, -0.15) is 15.4 Å². The van der Waals surface area contributed by atoms with Gasteiger partial charge in [0.1, 0.15) is 10.7 Å². The van der Waals surface area contributed by atoms with Crippen LogP contribution < -0.4 is 0 Å². The summed E-state index contributed by atoms with van der Waals surface area (Å²) in [4.78, 5) is 4.54. The Labute approximate surface area is 110 Å². The maximum Gasteiger partial charge on any atom is 0.146 e. The lowest BCUT2D eigenvalue weighted by Gasteiger charge is -1.96. The van der Waals surface area contributed by atoms with Crippen LogP contribution in [0.4, 0.5) is 0 Å². The van der Waals surface area contributed by atoms with Gasteiger partial charge >= 0.3 is 0 Å². The van der Waals surface area contributed by atoms with Crippen LogP contribution in [-0.2, 0) is 0 Å². The maximum atomic E-state index is 4.54. The predicted octanol–water partition coefficient (Wildman–Crippen LogP) is 3.36. The van der Waals surface area contributed by atoms with Gasteiger partial charge in [0, 0.05) is 15.4 Å². The number of hydrogen-bond donors (Lipinski definition) is 1. The predicted molar refractivity (Wildman–Crippen MR) is 70.6 cm³/mol. The van der Waals surface area contributed by atoms with Gasteiger partial charge in [0.2, 0.25) is 0 Å². The monoisotopic (exact) mass is 306 g/mol. The normalized spacial score (nSPS) is 10.6. The third kappa shape index (κ3) is 2.13. The first-order chi connectivity index (χ1) is 8.33. The van der Waals surface area contributed by atoms with Crippen LogP contribution in [-0.4, -0.2) is 20.4 Å². The van der Waals surface area contributed by atoms with E-state index in [0.29, 0.717) is 0 Å². The van der Waals surface area contributed by atoms with Crippen molar-refractivity contribution in [2.24, 2.45) is 0 Å². The molecule has 0 bridgehead atoms. The Morgan fingerprint density at radius 3 is 2.94 bits per heavy atom. The minimum Gasteiger partial charge on any atom is -0.234 e. The standard InChI is InChI=1S/C11H7BrN4S/c12-8-3-1-2-7(4-8)10-6-17-11(14-10)9-5-13-16-15-9/h1-6H,(H,13,15,16). The molecule has 0 atom stereocenters. The molecule has 17 heavy (non-hydrogen) atoms. The zero-order valence-corrected chi connectivity index (χ0v) is 11.0. The number of halogens is 1. The molecule has 0 fully saturated rings. The van der Waals surface area contributed by atoms with E-state index >= 15 is 0 Å². The summed E-state index contributed by atoms with van der Waals surface area (Å²) in [7, 11) is 0. The molecular formula is C11H7BrN4S. The van der Waals surface area contributed by atoms with Crippen molar-refractivity contribution in [1.82, 2.24) is 20.4 Å². The van der Waals surface area contributed by atoms with Crippen molar-refractivity contribution in [1.29, 1.82) is 0 Å². The van der Waals surface area contributed by atoms with E-state index < -0.39 is 0 Å². The number of nitrogens with one attached hydrogen (secondary N) is 1. The van der Waals surface area contributed by atoms with Gasteiger partial charge in [-0.25, -0.2) is 4.98 Å². The zero-order chi connectivity index (χ0) is 11.7. The fraction of sp³-hybridized carbons (Fsp3) is 0. The van der Waals surface area contributed by atoms with E-state index in [9.17, 15) is 0 Å². The SMILES string of the molecule is Brc1cccc(-c2csc(-c3cn[nH]n3)n2)c1. The molecule has 0 aliphatic carbocycles. The molecule has 1 aromatic carbocycles. The van der Waals surface area contributed by atoms with Gasteiger partial charge in [0.15, 0.2) is 0 Å².